The molecule has 0 amide bonds. The van der Waals surface area contributed by atoms with Gasteiger partial charge in [-0.25, -0.2) is 0 Å². The third-order valence-corrected chi connectivity index (χ3v) is 4.39. The average molecular weight is 326 g/mol. The van der Waals surface area contributed by atoms with Crippen molar-refractivity contribution in [2.45, 2.75) is 12.5 Å². The number of hydrogen-bond donors (Lipinski definition) is 1. The minimum absolute atomic E-state index is 0.000185. The number of fused-ring (bicyclic) bond motifs is 1. The van der Waals surface area contributed by atoms with Crippen LogP contribution in [-0.2, 0) is 6.42 Å². The van der Waals surface area contributed by atoms with E-state index in [1.54, 1.807) is 0 Å². The van der Waals surface area contributed by atoms with Crippen LogP contribution in [0.15, 0.2) is 71.2 Å². The van der Waals surface area contributed by atoms with Crippen LogP contribution in [0.1, 0.15) is 17.2 Å². The number of hydrogen-bond acceptors (Lipinski definition) is 1. The van der Waals surface area contributed by atoms with Crippen molar-refractivity contribution in [3.8, 4) is 0 Å². The van der Waals surface area contributed by atoms with Crippen LogP contribution in [0.5, 0.6) is 0 Å². The van der Waals surface area contributed by atoms with Gasteiger partial charge >= 0.3 is 0 Å². The van der Waals surface area contributed by atoms with E-state index in [0.29, 0.717) is 0 Å². The molecule has 0 saturated carbocycles. The zero-order valence-corrected chi connectivity index (χ0v) is 12.7. The van der Waals surface area contributed by atoms with E-state index < -0.39 is 0 Å². The van der Waals surface area contributed by atoms with Gasteiger partial charge in [-0.05, 0) is 34.4 Å². The molecule has 0 aromatic heterocycles. The number of halogens is 1. The molecule has 1 nitrogen and oxygen atoms in total. The van der Waals surface area contributed by atoms with Gasteiger partial charge in [0, 0.05) is 10.5 Å². The quantitative estimate of drug-likeness (QED) is 0.732. The van der Waals surface area contributed by atoms with Gasteiger partial charge in [0.15, 0.2) is 0 Å². The van der Waals surface area contributed by atoms with Gasteiger partial charge in [0.2, 0.25) is 0 Å². The Morgan fingerprint density at radius 2 is 1.55 bits per heavy atom. The van der Waals surface area contributed by atoms with Crippen molar-refractivity contribution in [3.63, 3.8) is 0 Å². The summed E-state index contributed by atoms with van der Waals surface area (Å²) in [4.78, 5) is 0. The molecule has 2 N–H and O–H groups in total. The van der Waals surface area contributed by atoms with Crippen LogP contribution in [0.3, 0.4) is 0 Å². The van der Waals surface area contributed by atoms with Crippen molar-refractivity contribution in [1.82, 2.24) is 0 Å². The molecule has 100 valence electrons. The molecule has 1 unspecified atom stereocenters. The highest BCUT2D eigenvalue weighted by Gasteiger charge is 2.11. The minimum atomic E-state index is -0.000185. The Hall–Kier alpha value is -1.64. The second-order valence-electron chi connectivity index (χ2n) is 4.97. The zero-order chi connectivity index (χ0) is 13.9. The van der Waals surface area contributed by atoms with Crippen molar-refractivity contribution in [2.75, 3.05) is 0 Å². The highest BCUT2D eigenvalue weighted by atomic mass is 79.9. The molecule has 3 aromatic carbocycles. The lowest BCUT2D eigenvalue weighted by atomic mass is 9.95. The largest absolute Gasteiger partial charge is 0.324 e. The Balaban J connectivity index is 1.97. The van der Waals surface area contributed by atoms with Crippen LogP contribution in [0.25, 0.3) is 10.8 Å². The van der Waals surface area contributed by atoms with Gasteiger partial charge in [0.1, 0.15) is 0 Å². The van der Waals surface area contributed by atoms with Crippen LogP contribution in [0, 0.1) is 0 Å². The van der Waals surface area contributed by atoms with E-state index in [-0.39, 0.29) is 6.04 Å². The molecule has 0 spiro atoms. The second kappa shape index (κ2) is 5.78. The maximum absolute atomic E-state index is 6.44. The summed E-state index contributed by atoms with van der Waals surface area (Å²) in [5, 5.41) is 2.49. The van der Waals surface area contributed by atoms with Crippen molar-refractivity contribution < 1.29 is 0 Å². The highest BCUT2D eigenvalue weighted by molar-refractivity contribution is 9.10. The van der Waals surface area contributed by atoms with Crippen molar-refractivity contribution in [3.05, 3.63) is 82.3 Å². The fourth-order valence-electron chi connectivity index (χ4n) is 2.58. The molecule has 0 saturated heterocycles. The van der Waals surface area contributed by atoms with Crippen molar-refractivity contribution in [1.29, 1.82) is 0 Å². The zero-order valence-electron chi connectivity index (χ0n) is 11.1. The Labute approximate surface area is 127 Å². The normalized spacial score (nSPS) is 12.5. The lowest BCUT2D eigenvalue weighted by molar-refractivity contribution is 0.726. The first-order valence-electron chi connectivity index (χ1n) is 6.72. The number of benzene rings is 3. The Kier molecular flexibility index (Phi) is 3.86. The van der Waals surface area contributed by atoms with Gasteiger partial charge < -0.3 is 5.73 Å². The summed E-state index contributed by atoms with van der Waals surface area (Å²) in [5.41, 5.74) is 8.89. The van der Waals surface area contributed by atoms with Crippen molar-refractivity contribution in [2.24, 2.45) is 5.73 Å². The van der Waals surface area contributed by atoms with E-state index in [4.69, 9.17) is 5.73 Å². The fraction of sp³-hybridized carbons (Fsp3) is 0.111. The van der Waals surface area contributed by atoms with Crippen LogP contribution in [0.4, 0.5) is 0 Å². The molecule has 0 aliphatic rings. The van der Waals surface area contributed by atoms with Gasteiger partial charge in [0.05, 0.1) is 0 Å². The van der Waals surface area contributed by atoms with Crippen LogP contribution in [-0.4, -0.2) is 0 Å². The highest BCUT2D eigenvalue weighted by Crippen LogP contribution is 2.27. The minimum Gasteiger partial charge on any atom is -0.324 e. The van der Waals surface area contributed by atoms with Crippen molar-refractivity contribution >= 4 is 26.7 Å². The molecule has 3 rings (SSSR count). The summed E-state index contributed by atoms with van der Waals surface area (Å²) in [6.45, 7) is 0. The Bertz CT molecular complexity index is 731. The molecule has 0 fully saturated rings. The number of rotatable bonds is 3. The average Bonchev–Trinajstić information content (AvgIpc) is 2.49. The second-order valence-corrected chi connectivity index (χ2v) is 5.82. The summed E-state index contributed by atoms with van der Waals surface area (Å²) in [6.07, 6.45) is 0.829. The van der Waals surface area contributed by atoms with Gasteiger partial charge in [-0.15, -0.1) is 0 Å². The van der Waals surface area contributed by atoms with Gasteiger partial charge in [0.25, 0.3) is 0 Å². The SMILES string of the molecule is NC(Cc1ccccc1Br)c1cccc2ccccc12. The number of nitrogens with two attached hydrogens (primary N) is 1. The molecule has 0 bridgehead atoms. The van der Waals surface area contributed by atoms with Gasteiger partial charge in [-0.2, -0.15) is 0 Å². The molecule has 2 heteroatoms. The smallest absolute Gasteiger partial charge is 0.0342 e. The van der Waals surface area contributed by atoms with E-state index in [1.807, 2.05) is 6.07 Å². The first-order valence-corrected chi connectivity index (χ1v) is 7.51. The van der Waals surface area contributed by atoms with Crippen LogP contribution >= 0.6 is 15.9 Å². The lowest BCUT2D eigenvalue weighted by Crippen LogP contribution is -2.14. The molecule has 3 aromatic rings. The summed E-state index contributed by atoms with van der Waals surface area (Å²) >= 11 is 3.59. The summed E-state index contributed by atoms with van der Waals surface area (Å²) in [7, 11) is 0. The molecule has 0 aliphatic carbocycles. The molecule has 0 radical (unpaired) electrons. The summed E-state index contributed by atoms with van der Waals surface area (Å²) in [6, 6.07) is 23.0. The Morgan fingerprint density at radius 1 is 0.850 bits per heavy atom. The van der Waals surface area contributed by atoms with Gasteiger partial charge in [-0.1, -0.05) is 76.6 Å². The molecule has 1 atom stereocenters. The maximum Gasteiger partial charge on any atom is 0.0342 e. The predicted molar refractivity (Wildman–Crippen MR) is 88.7 cm³/mol. The molecule has 0 heterocycles. The Morgan fingerprint density at radius 3 is 2.40 bits per heavy atom. The van der Waals surface area contributed by atoms with E-state index in [1.165, 1.54) is 21.9 Å². The molecule has 20 heavy (non-hydrogen) atoms. The topological polar surface area (TPSA) is 26.0 Å². The predicted octanol–water partition coefficient (Wildman–Crippen LogP) is 4.84. The van der Waals surface area contributed by atoms with Crippen LogP contribution in [0.2, 0.25) is 0 Å². The van der Waals surface area contributed by atoms with E-state index in [2.05, 4.69) is 76.6 Å². The fourth-order valence-corrected chi connectivity index (χ4v) is 3.03. The van der Waals surface area contributed by atoms with E-state index >= 15 is 0 Å². The van der Waals surface area contributed by atoms with Gasteiger partial charge in [-0.3, -0.25) is 0 Å². The van der Waals surface area contributed by atoms with E-state index in [0.717, 1.165) is 10.9 Å². The van der Waals surface area contributed by atoms with Crippen LogP contribution < -0.4 is 5.73 Å². The lowest BCUT2D eigenvalue weighted by Gasteiger charge is -2.15. The summed E-state index contributed by atoms with van der Waals surface area (Å²) < 4.78 is 1.12. The standard InChI is InChI=1S/C18H16BrN/c19-17-11-4-2-7-14(17)12-18(20)16-10-5-8-13-6-1-3-9-15(13)16/h1-11,18H,12,20H2. The first-order chi connectivity index (χ1) is 9.75. The van der Waals surface area contributed by atoms with E-state index in [9.17, 15) is 0 Å². The first kappa shape index (κ1) is 13.3. The maximum atomic E-state index is 6.44. The molecular formula is C18H16BrN. The third-order valence-electron chi connectivity index (χ3n) is 3.62. The molecular weight excluding hydrogens is 310 g/mol. The monoisotopic (exact) mass is 325 g/mol. The summed E-state index contributed by atoms with van der Waals surface area (Å²) in [5.74, 6) is 0. The molecule has 0 aliphatic heterocycles. The third kappa shape index (κ3) is 2.62.